The Hall–Kier alpha value is 0.0249. The minimum Gasteiger partial charge on any atom is -0.345 e. The first-order chi connectivity index (χ1) is 3.98. The molecule has 0 aliphatic rings. The first-order valence-corrected chi connectivity index (χ1v) is 3.54. The second kappa shape index (κ2) is 3.26. The van der Waals surface area contributed by atoms with E-state index < -0.39 is 0 Å². The zero-order chi connectivity index (χ0) is 7.49. The normalized spacial score (nSPS) is 12.2. The predicted octanol–water partition coefficient (Wildman–Crippen LogP) is 1.77. The molecule has 0 fully saturated rings. The maximum absolute atomic E-state index is 2.24. The van der Waals surface area contributed by atoms with Crippen LogP contribution in [-0.4, -0.2) is 24.8 Å². The quantitative estimate of drug-likeness (QED) is 0.509. The summed E-state index contributed by atoms with van der Waals surface area (Å²) in [6.07, 6.45) is 1.12. The van der Waals surface area contributed by atoms with Crippen LogP contribution in [-0.2, 0) is 0 Å². The van der Waals surface area contributed by atoms with E-state index in [1.54, 1.807) is 0 Å². The van der Waals surface area contributed by atoms with Crippen LogP contribution in [0.3, 0.4) is 0 Å². The van der Waals surface area contributed by atoms with Gasteiger partial charge in [0.05, 0.1) is 0 Å². The summed E-state index contributed by atoms with van der Waals surface area (Å²) >= 11 is 0. The molecule has 0 amide bonds. The number of nitrogens with zero attached hydrogens (tertiary/aromatic N) is 1. The third-order valence-electron chi connectivity index (χ3n) is 1.51. The van der Waals surface area contributed by atoms with Gasteiger partial charge in [0.1, 0.15) is 0 Å². The average molecular weight is 126 g/mol. The van der Waals surface area contributed by atoms with E-state index in [1.807, 2.05) is 0 Å². The van der Waals surface area contributed by atoms with Gasteiger partial charge in [-0.3, -0.25) is 0 Å². The Bertz CT molecular complexity index is 75.5. The summed E-state index contributed by atoms with van der Waals surface area (Å²) in [7, 11) is 4.32. The van der Waals surface area contributed by atoms with E-state index in [-0.39, 0.29) is 5.54 Å². The van der Waals surface area contributed by atoms with Crippen molar-refractivity contribution >= 4 is 7.41 Å². The van der Waals surface area contributed by atoms with Crippen molar-refractivity contribution in [3.8, 4) is 0 Å². The monoisotopic (exact) mass is 126 g/mol. The summed E-state index contributed by atoms with van der Waals surface area (Å²) < 4.78 is 0. The molecule has 53 valence electrons. The maximum atomic E-state index is 2.24. The Morgan fingerprint density at radius 2 is 1.78 bits per heavy atom. The van der Waals surface area contributed by atoms with Crippen LogP contribution in [0, 0.1) is 0 Å². The van der Waals surface area contributed by atoms with E-state index >= 15 is 0 Å². The van der Waals surface area contributed by atoms with E-state index in [2.05, 4.69) is 47.0 Å². The van der Waals surface area contributed by atoms with Gasteiger partial charge in [0.25, 0.3) is 0 Å². The second-order valence-electron chi connectivity index (χ2n) is 3.37. The summed E-state index contributed by atoms with van der Waals surface area (Å²) in [4.78, 5) is 2.24. The van der Waals surface area contributed by atoms with Crippen molar-refractivity contribution in [1.82, 2.24) is 4.81 Å². The molecule has 0 aromatic heterocycles. The van der Waals surface area contributed by atoms with E-state index in [1.165, 1.54) is 0 Å². The summed E-state index contributed by atoms with van der Waals surface area (Å²) in [5.41, 5.74) is 0.288. The lowest BCUT2D eigenvalue weighted by Gasteiger charge is -2.31. The molecule has 0 aromatic carbocycles. The molecule has 0 aliphatic carbocycles. The zero-order valence-electron chi connectivity index (χ0n) is 7.23. The van der Waals surface area contributed by atoms with Gasteiger partial charge >= 0.3 is 0 Å². The van der Waals surface area contributed by atoms with Gasteiger partial charge in [-0.1, -0.05) is 13.2 Å². The largest absolute Gasteiger partial charge is 0.345 e. The Balaban J connectivity index is 3.59. The standard InChI is InChI=1S/C7H17BN/c1-6-8-9(5)7(2,3)4/h6H2,1-5H3. The summed E-state index contributed by atoms with van der Waals surface area (Å²) in [5, 5.41) is 0. The highest BCUT2D eigenvalue weighted by molar-refractivity contribution is 6.31. The Morgan fingerprint density at radius 3 is 1.89 bits per heavy atom. The highest BCUT2D eigenvalue weighted by Gasteiger charge is 2.15. The van der Waals surface area contributed by atoms with Gasteiger partial charge < -0.3 is 4.81 Å². The van der Waals surface area contributed by atoms with Crippen molar-refractivity contribution in [2.45, 2.75) is 39.6 Å². The van der Waals surface area contributed by atoms with Crippen LogP contribution in [0.25, 0.3) is 0 Å². The lowest BCUT2D eigenvalue weighted by molar-refractivity contribution is 0.299. The molecule has 0 unspecified atom stereocenters. The van der Waals surface area contributed by atoms with Crippen molar-refractivity contribution in [3.63, 3.8) is 0 Å². The van der Waals surface area contributed by atoms with Crippen LogP contribution in [0.4, 0.5) is 0 Å². The molecule has 0 N–H and O–H groups in total. The van der Waals surface area contributed by atoms with Crippen molar-refractivity contribution in [1.29, 1.82) is 0 Å². The smallest absolute Gasteiger partial charge is 0.208 e. The molecule has 0 saturated heterocycles. The van der Waals surface area contributed by atoms with Gasteiger partial charge in [0, 0.05) is 5.54 Å². The number of hydrogen-bond donors (Lipinski definition) is 0. The molecule has 1 nitrogen and oxygen atoms in total. The van der Waals surface area contributed by atoms with Crippen LogP contribution in [0.2, 0.25) is 6.32 Å². The van der Waals surface area contributed by atoms with Gasteiger partial charge in [-0.25, -0.2) is 0 Å². The van der Waals surface area contributed by atoms with E-state index in [9.17, 15) is 0 Å². The fraction of sp³-hybridized carbons (Fsp3) is 1.00. The SMILES string of the molecule is CC[B]N(C)C(C)(C)C. The van der Waals surface area contributed by atoms with Crippen molar-refractivity contribution < 1.29 is 0 Å². The zero-order valence-corrected chi connectivity index (χ0v) is 7.23. The highest BCUT2D eigenvalue weighted by Crippen LogP contribution is 2.08. The molecule has 0 atom stereocenters. The minimum atomic E-state index is 0.288. The highest BCUT2D eigenvalue weighted by atomic mass is 15.1. The van der Waals surface area contributed by atoms with Crippen molar-refractivity contribution in [3.05, 3.63) is 0 Å². The molecule has 0 aromatic rings. The second-order valence-corrected chi connectivity index (χ2v) is 3.37. The molecular weight excluding hydrogens is 109 g/mol. The first kappa shape index (κ1) is 9.02. The molecule has 0 rings (SSSR count). The third kappa shape index (κ3) is 3.58. The fourth-order valence-corrected chi connectivity index (χ4v) is 0.548. The minimum absolute atomic E-state index is 0.288. The summed E-state index contributed by atoms with van der Waals surface area (Å²) in [6.45, 7) is 8.78. The van der Waals surface area contributed by atoms with Gasteiger partial charge in [0.15, 0.2) is 0 Å². The van der Waals surface area contributed by atoms with Gasteiger partial charge in [0.2, 0.25) is 7.41 Å². The molecule has 1 radical (unpaired) electrons. The van der Waals surface area contributed by atoms with Crippen LogP contribution in [0.15, 0.2) is 0 Å². The van der Waals surface area contributed by atoms with Crippen LogP contribution >= 0.6 is 0 Å². The predicted molar refractivity (Wildman–Crippen MR) is 43.8 cm³/mol. The third-order valence-corrected chi connectivity index (χ3v) is 1.51. The van der Waals surface area contributed by atoms with E-state index in [4.69, 9.17) is 0 Å². The molecule has 0 spiro atoms. The molecule has 0 heterocycles. The van der Waals surface area contributed by atoms with E-state index in [0.717, 1.165) is 6.32 Å². The lowest BCUT2D eigenvalue weighted by Crippen LogP contribution is -2.40. The summed E-state index contributed by atoms with van der Waals surface area (Å²) in [6, 6.07) is 0. The molecule has 0 bridgehead atoms. The fourth-order valence-electron chi connectivity index (χ4n) is 0.548. The first-order valence-electron chi connectivity index (χ1n) is 3.54. The Morgan fingerprint density at radius 1 is 1.33 bits per heavy atom. The van der Waals surface area contributed by atoms with Crippen molar-refractivity contribution in [2.75, 3.05) is 7.05 Å². The van der Waals surface area contributed by atoms with Crippen LogP contribution in [0.1, 0.15) is 27.7 Å². The Labute approximate surface area is 59.7 Å². The van der Waals surface area contributed by atoms with Gasteiger partial charge in [-0.2, -0.15) is 0 Å². The maximum Gasteiger partial charge on any atom is 0.208 e. The molecule has 0 aliphatic heterocycles. The molecule has 2 heteroatoms. The van der Waals surface area contributed by atoms with Crippen LogP contribution < -0.4 is 0 Å². The summed E-state index contributed by atoms with van der Waals surface area (Å²) in [5.74, 6) is 0. The number of rotatable bonds is 2. The van der Waals surface area contributed by atoms with Crippen molar-refractivity contribution in [2.24, 2.45) is 0 Å². The Kier molecular flexibility index (Phi) is 3.27. The molecule has 9 heavy (non-hydrogen) atoms. The topological polar surface area (TPSA) is 3.24 Å². The number of hydrogen-bond acceptors (Lipinski definition) is 1. The van der Waals surface area contributed by atoms with Crippen LogP contribution in [0.5, 0.6) is 0 Å². The van der Waals surface area contributed by atoms with E-state index in [0.29, 0.717) is 0 Å². The lowest BCUT2D eigenvalue weighted by atomic mass is 9.83. The molecule has 0 saturated carbocycles. The average Bonchev–Trinajstić information content (AvgIpc) is 1.64. The van der Waals surface area contributed by atoms with Gasteiger partial charge in [-0.15, -0.1) is 0 Å². The molecular formula is C7H17BN. The van der Waals surface area contributed by atoms with Gasteiger partial charge in [-0.05, 0) is 27.8 Å².